The summed E-state index contributed by atoms with van der Waals surface area (Å²) in [6.45, 7) is 2.11. The van der Waals surface area contributed by atoms with Gasteiger partial charge < -0.3 is 15.8 Å². The number of rotatable bonds is 4. The molecule has 0 saturated heterocycles. The maximum atomic E-state index is 11.8. The van der Waals surface area contributed by atoms with Crippen molar-refractivity contribution >= 4 is 11.9 Å². The minimum Gasteiger partial charge on any atom is -0.465 e. The quantitative estimate of drug-likeness (QED) is 0.602. The summed E-state index contributed by atoms with van der Waals surface area (Å²) in [5.74, 6) is 4.74. The van der Waals surface area contributed by atoms with E-state index in [1.807, 2.05) is 0 Å². The largest absolute Gasteiger partial charge is 0.465 e. The monoisotopic (exact) mass is 260 g/mol. The second kappa shape index (κ2) is 7.90. The Kier molecular flexibility index (Phi) is 6.13. The first-order chi connectivity index (χ1) is 9.17. The van der Waals surface area contributed by atoms with E-state index in [9.17, 15) is 9.59 Å². The van der Waals surface area contributed by atoms with Gasteiger partial charge in [-0.25, -0.2) is 0 Å². The van der Waals surface area contributed by atoms with E-state index in [-0.39, 0.29) is 19.0 Å². The Bertz CT molecular complexity index is 515. The predicted molar refractivity (Wildman–Crippen MR) is 71.3 cm³/mol. The number of carbonyl (C=O) groups excluding carboxylic acids is 2. The van der Waals surface area contributed by atoms with Gasteiger partial charge in [-0.1, -0.05) is 17.9 Å². The van der Waals surface area contributed by atoms with Gasteiger partial charge in [-0.05, 0) is 25.1 Å². The molecule has 0 saturated carbocycles. The van der Waals surface area contributed by atoms with Gasteiger partial charge in [-0.2, -0.15) is 0 Å². The standard InChI is InChI=1S/C14H16N2O3/c1-2-19-13(17)10-16-14(18)12-7-3-5-11(9-12)6-4-8-15/h3,5,7,9H,2,8,10,15H2,1H3,(H,16,18). The number of nitrogens with two attached hydrogens (primary N) is 1. The molecule has 0 fully saturated rings. The normalized spacial score (nSPS) is 9.16. The molecule has 0 radical (unpaired) electrons. The number of esters is 1. The number of ether oxygens (including phenoxy) is 1. The van der Waals surface area contributed by atoms with Gasteiger partial charge in [0.25, 0.3) is 5.91 Å². The fourth-order valence-electron chi connectivity index (χ4n) is 1.36. The molecule has 0 bridgehead atoms. The summed E-state index contributed by atoms with van der Waals surface area (Å²) in [6, 6.07) is 6.79. The van der Waals surface area contributed by atoms with Gasteiger partial charge in [0.1, 0.15) is 6.54 Å². The third kappa shape index (κ3) is 5.23. The molecule has 1 aromatic rings. The van der Waals surface area contributed by atoms with Gasteiger partial charge in [0, 0.05) is 11.1 Å². The van der Waals surface area contributed by atoms with E-state index in [1.165, 1.54) is 0 Å². The second-order valence-corrected chi connectivity index (χ2v) is 3.57. The fourth-order valence-corrected chi connectivity index (χ4v) is 1.36. The van der Waals surface area contributed by atoms with Gasteiger partial charge in [-0.3, -0.25) is 9.59 Å². The number of nitrogens with one attached hydrogen (secondary N) is 1. The SMILES string of the molecule is CCOC(=O)CNC(=O)c1cccc(C#CCN)c1. The van der Waals surface area contributed by atoms with Crippen LogP contribution < -0.4 is 11.1 Å². The van der Waals surface area contributed by atoms with Gasteiger partial charge in [0.2, 0.25) is 0 Å². The molecule has 0 atom stereocenters. The summed E-state index contributed by atoms with van der Waals surface area (Å²) in [6.07, 6.45) is 0. The molecule has 1 rings (SSSR count). The highest BCUT2D eigenvalue weighted by atomic mass is 16.5. The lowest BCUT2D eigenvalue weighted by Gasteiger charge is -2.05. The molecule has 0 spiro atoms. The zero-order valence-electron chi connectivity index (χ0n) is 10.7. The maximum Gasteiger partial charge on any atom is 0.325 e. The Labute approximate surface area is 112 Å². The predicted octanol–water partition coefficient (Wildman–Crippen LogP) is 0.290. The summed E-state index contributed by atoms with van der Waals surface area (Å²) in [5.41, 5.74) is 6.42. The van der Waals surface area contributed by atoms with Crippen molar-refractivity contribution < 1.29 is 14.3 Å². The van der Waals surface area contributed by atoms with Crippen molar-refractivity contribution in [1.29, 1.82) is 0 Å². The fraction of sp³-hybridized carbons (Fsp3) is 0.286. The topological polar surface area (TPSA) is 81.4 Å². The lowest BCUT2D eigenvalue weighted by atomic mass is 10.1. The summed E-state index contributed by atoms with van der Waals surface area (Å²) >= 11 is 0. The molecule has 5 nitrogen and oxygen atoms in total. The van der Waals surface area contributed by atoms with E-state index < -0.39 is 5.97 Å². The Hall–Kier alpha value is -2.32. The Morgan fingerprint density at radius 2 is 2.21 bits per heavy atom. The lowest BCUT2D eigenvalue weighted by Crippen LogP contribution is -2.30. The number of hydrogen-bond acceptors (Lipinski definition) is 4. The summed E-state index contributed by atoms with van der Waals surface area (Å²) in [7, 11) is 0. The van der Waals surface area contributed by atoms with Crippen molar-refractivity contribution in [3.8, 4) is 11.8 Å². The highest BCUT2D eigenvalue weighted by Gasteiger charge is 2.08. The smallest absolute Gasteiger partial charge is 0.325 e. The van der Waals surface area contributed by atoms with Crippen LogP contribution in [-0.2, 0) is 9.53 Å². The number of hydrogen-bond donors (Lipinski definition) is 2. The van der Waals surface area contributed by atoms with Gasteiger partial charge in [0.15, 0.2) is 0 Å². The first kappa shape index (κ1) is 14.7. The van der Waals surface area contributed by atoms with Crippen molar-refractivity contribution in [2.45, 2.75) is 6.92 Å². The molecule has 0 unspecified atom stereocenters. The van der Waals surface area contributed by atoms with Crippen LogP contribution in [0.1, 0.15) is 22.8 Å². The first-order valence-electron chi connectivity index (χ1n) is 5.90. The van der Waals surface area contributed by atoms with Crippen molar-refractivity contribution in [2.24, 2.45) is 5.73 Å². The van der Waals surface area contributed by atoms with Crippen LogP contribution in [-0.4, -0.2) is 31.6 Å². The van der Waals surface area contributed by atoms with Crippen LogP contribution in [0.25, 0.3) is 0 Å². The molecule has 0 aliphatic carbocycles. The summed E-state index contributed by atoms with van der Waals surface area (Å²) in [4.78, 5) is 22.9. The highest BCUT2D eigenvalue weighted by Crippen LogP contribution is 2.03. The third-order valence-electron chi connectivity index (χ3n) is 2.16. The van der Waals surface area contributed by atoms with Crippen LogP contribution >= 0.6 is 0 Å². The molecule has 0 heterocycles. The number of carbonyl (C=O) groups is 2. The zero-order valence-corrected chi connectivity index (χ0v) is 10.7. The van der Waals surface area contributed by atoms with Crippen LogP contribution in [0.5, 0.6) is 0 Å². The Morgan fingerprint density at radius 3 is 2.89 bits per heavy atom. The molecule has 0 aliphatic rings. The van der Waals surface area contributed by atoms with E-state index in [0.717, 1.165) is 0 Å². The van der Waals surface area contributed by atoms with Gasteiger partial charge >= 0.3 is 5.97 Å². The first-order valence-corrected chi connectivity index (χ1v) is 5.90. The van der Waals surface area contributed by atoms with Crippen LogP contribution in [0.4, 0.5) is 0 Å². The molecule has 3 N–H and O–H groups in total. The van der Waals surface area contributed by atoms with Crippen molar-refractivity contribution in [3.63, 3.8) is 0 Å². The van der Waals surface area contributed by atoms with Crippen molar-refractivity contribution in [3.05, 3.63) is 35.4 Å². The molecular formula is C14H16N2O3. The number of benzene rings is 1. The molecular weight excluding hydrogens is 244 g/mol. The lowest BCUT2D eigenvalue weighted by molar-refractivity contribution is -0.141. The third-order valence-corrected chi connectivity index (χ3v) is 2.16. The van der Waals surface area contributed by atoms with Crippen molar-refractivity contribution in [1.82, 2.24) is 5.32 Å². The second-order valence-electron chi connectivity index (χ2n) is 3.57. The molecule has 100 valence electrons. The van der Waals surface area contributed by atoms with Gasteiger partial charge in [0.05, 0.1) is 13.2 Å². The molecule has 0 aliphatic heterocycles. The zero-order chi connectivity index (χ0) is 14.1. The minimum atomic E-state index is -0.463. The van der Waals surface area contributed by atoms with E-state index in [1.54, 1.807) is 31.2 Å². The Morgan fingerprint density at radius 1 is 1.42 bits per heavy atom. The van der Waals surface area contributed by atoms with Crippen LogP contribution in [0.3, 0.4) is 0 Å². The average molecular weight is 260 g/mol. The van der Waals surface area contributed by atoms with Crippen LogP contribution in [0.2, 0.25) is 0 Å². The maximum absolute atomic E-state index is 11.8. The summed E-state index contributed by atoms with van der Waals surface area (Å²) in [5, 5.41) is 2.48. The highest BCUT2D eigenvalue weighted by molar-refractivity contribution is 5.96. The summed E-state index contributed by atoms with van der Waals surface area (Å²) < 4.78 is 4.72. The number of amides is 1. The van der Waals surface area contributed by atoms with E-state index in [4.69, 9.17) is 10.5 Å². The molecule has 0 aromatic heterocycles. The van der Waals surface area contributed by atoms with Gasteiger partial charge in [-0.15, -0.1) is 0 Å². The van der Waals surface area contributed by atoms with Crippen LogP contribution in [0, 0.1) is 11.8 Å². The minimum absolute atomic E-state index is 0.147. The molecule has 1 aromatic carbocycles. The van der Waals surface area contributed by atoms with E-state index >= 15 is 0 Å². The van der Waals surface area contributed by atoms with E-state index in [2.05, 4.69) is 17.2 Å². The molecule has 5 heteroatoms. The van der Waals surface area contributed by atoms with Crippen LogP contribution in [0.15, 0.2) is 24.3 Å². The average Bonchev–Trinajstić information content (AvgIpc) is 2.43. The molecule has 1 amide bonds. The van der Waals surface area contributed by atoms with E-state index in [0.29, 0.717) is 17.7 Å². The Balaban J connectivity index is 2.64. The van der Waals surface area contributed by atoms with Crippen molar-refractivity contribution in [2.75, 3.05) is 19.7 Å². The molecule has 19 heavy (non-hydrogen) atoms.